The number of aromatic nitrogens is 2. The van der Waals surface area contributed by atoms with Crippen LogP contribution in [-0.2, 0) is 0 Å². The summed E-state index contributed by atoms with van der Waals surface area (Å²) in [5, 5.41) is 11.1. The van der Waals surface area contributed by atoms with Gasteiger partial charge in [0.2, 0.25) is 0 Å². The number of hydrogen-bond acceptors (Lipinski definition) is 5. The number of carboxylic acids is 1. The Hall–Kier alpha value is -1.90. The van der Waals surface area contributed by atoms with Gasteiger partial charge in [-0.25, -0.2) is 14.4 Å². The van der Waals surface area contributed by atoms with Crippen molar-refractivity contribution in [1.29, 1.82) is 0 Å². The van der Waals surface area contributed by atoms with Crippen molar-refractivity contribution in [3.8, 4) is 11.3 Å². The molecule has 2 aromatic rings. The van der Waals surface area contributed by atoms with E-state index in [9.17, 15) is 14.3 Å². The summed E-state index contributed by atoms with van der Waals surface area (Å²) < 4.78 is 13.2. The Morgan fingerprint density at radius 3 is 2.42 bits per heavy atom. The van der Waals surface area contributed by atoms with E-state index in [1.807, 2.05) is 11.9 Å². The summed E-state index contributed by atoms with van der Waals surface area (Å²) in [5.41, 5.74) is 0.779. The molecule has 0 amide bonds. The molecule has 1 aliphatic rings. The molecule has 0 N–H and O–H groups in total. The monoisotopic (exact) mass is 321 g/mol. The van der Waals surface area contributed by atoms with Crippen molar-refractivity contribution >= 4 is 11.8 Å². The largest absolute Gasteiger partial charge is 1.00 e. The Kier molecular flexibility index (Phi) is 5.31. The van der Waals surface area contributed by atoms with Crippen LogP contribution >= 0.6 is 0 Å². The summed E-state index contributed by atoms with van der Waals surface area (Å²) in [6.07, 6.45) is 4.43. The quantitative estimate of drug-likeness (QED) is 0.678. The fraction of sp³-hybridized carbons (Fsp3) is 0.353. The van der Waals surface area contributed by atoms with Crippen molar-refractivity contribution in [3.63, 3.8) is 0 Å². The van der Waals surface area contributed by atoms with Crippen LogP contribution in [0.2, 0.25) is 0 Å². The number of anilines is 1. The summed E-state index contributed by atoms with van der Waals surface area (Å²) in [5.74, 6) is -1.16. The maximum Gasteiger partial charge on any atom is 1.00 e. The third-order valence-corrected chi connectivity index (χ3v) is 4.64. The predicted molar refractivity (Wildman–Crippen MR) is 82.4 cm³/mol. The van der Waals surface area contributed by atoms with Crippen molar-refractivity contribution in [3.05, 3.63) is 42.0 Å². The van der Waals surface area contributed by atoms with Gasteiger partial charge in [-0.3, -0.25) is 0 Å². The van der Waals surface area contributed by atoms with Crippen LogP contribution in [-0.4, -0.2) is 28.5 Å². The minimum Gasteiger partial charge on any atom is -0.543 e. The third kappa shape index (κ3) is 3.30. The summed E-state index contributed by atoms with van der Waals surface area (Å²) in [4.78, 5) is 21.6. The number of rotatable bonds is 4. The van der Waals surface area contributed by atoms with E-state index in [0.29, 0.717) is 17.1 Å². The fourth-order valence-electron chi connectivity index (χ4n) is 2.81. The molecule has 0 radical (unpaired) electrons. The van der Waals surface area contributed by atoms with E-state index in [1.165, 1.54) is 18.3 Å². The first-order valence-corrected chi connectivity index (χ1v) is 7.49. The first-order chi connectivity index (χ1) is 10.9. The van der Waals surface area contributed by atoms with Crippen molar-refractivity contribution in [2.75, 3.05) is 11.9 Å². The van der Waals surface area contributed by atoms with E-state index < -0.39 is 5.97 Å². The third-order valence-electron chi connectivity index (χ3n) is 4.64. The average Bonchev–Trinajstić information content (AvgIpc) is 2.52. The van der Waals surface area contributed by atoms with Gasteiger partial charge < -0.3 is 14.8 Å². The van der Waals surface area contributed by atoms with E-state index in [4.69, 9.17) is 0 Å². The van der Waals surface area contributed by atoms with E-state index in [-0.39, 0.29) is 35.9 Å². The zero-order chi connectivity index (χ0) is 16.6. The number of halogens is 1. The van der Waals surface area contributed by atoms with E-state index in [0.717, 1.165) is 19.3 Å². The van der Waals surface area contributed by atoms with Crippen LogP contribution in [0.15, 0.2) is 30.5 Å². The maximum absolute atomic E-state index is 13.2. The molecule has 120 valence electrons. The SMILES string of the molecule is CN(c1ncc(C(=O)[O-])nc1-c1ccc(F)cc1)C1(C)CCC1.[Li+]. The molecule has 0 bridgehead atoms. The predicted octanol–water partition coefficient (Wildman–Crippen LogP) is -0.971. The van der Waals surface area contributed by atoms with Gasteiger partial charge in [0.15, 0.2) is 5.82 Å². The molecule has 0 unspecified atom stereocenters. The van der Waals surface area contributed by atoms with Gasteiger partial charge in [-0.1, -0.05) is 0 Å². The molecule has 1 saturated carbocycles. The zero-order valence-corrected chi connectivity index (χ0v) is 14.0. The summed E-state index contributed by atoms with van der Waals surface area (Å²) in [6, 6.07) is 5.77. The van der Waals surface area contributed by atoms with Gasteiger partial charge in [0.1, 0.15) is 17.2 Å². The van der Waals surface area contributed by atoms with Gasteiger partial charge in [-0.15, -0.1) is 0 Å². The average molecular weight is 321 g/mol. The van der Waals surface area contributed by atoms with Gasteiger partial charge in [0, 0.05) is 18.2 Å². The molecule has 1 aromatic heterocycles. The molecule has 1 aromatic carbocycles. The van der Waals surface area contributed by atoms with Crippen LogP contribution in [0, 0.1) is 5.82 Å². The van der Waals surface area contributed by atoms with Gasteiger partial charge in [0.25, 0.3) is 0 Å². The Labute approximate surface area is 152 Å². The molecule has 7 heteroatoms. The second kappa shape index (κ2) is 6.92. The minimum atomic E-state index is -1.38. The molecule has 0 aliphatic heterocycles. The molecule has 0 saturated heterocycles. The van der Waals surface area contributed by atoms with Crippen LogP contribution in [0.4, 0.5) is 10.2 Å². The minimum absolute atomic E-state index is 0. The smallest absolute Gasteiger partial charge is 0.543 e. The Bertz CT molecular complexity index is 748. The normalized spacial score (nSPS) is 15.1. The van der Waals surface area contributed by atoms with E-state index in [1.54, 1.807) is 12.1 Å². The first kappa shape index (κ1) is 18.4. The molecule has 1 fully saturated rings. The molecule has 0 atom stereocenters. The maximum atomic E-state index is 13.2. The van der Waals surface area contributed by atoms with Gasteiger partial charge >= 0.3 is 18.9 Å². The molecule has 1 heterocycles. The van der Waals surface area contributed by atoms with Crippen molar-refractivity contribution in [2.45, 2.75) is 31.7 Å². The summed E-state index contributed by atoms with van der Waals surface area (Å²) in [7, 11) is 1.93. The van der Waals surface area contributed by atoms with Crippen LogP contribution in [0.5, 0.6) is 0 Å². The number of carbonyl (C=O) groups is 1. The Balaban J connectivity index is 0.00000208. The van der Waals surface area contributed by atoms with Gasteiger partial charge in [-0.2, -0.15) is 0 Å². The summed E-state index contributed by atoms with van der Waals surface area (Å²) >= 11 is 0. The van der Waals surface area contributed by atoms with Crippen LogP contribution in [0.1, 0.15) is 36.7 Å². The number of hydrogen-bond donors (Lipinski definition) is 0. The second-order valence-corrected chi connectivity index (χ2v) is 6.13. The molecule has 24 heavy (non-hydrogen) atoms. The van der Waals surface area contributed by atoms with Crippen molar-refractivity contribution in [2.24, 2.45) is 0 Å². The standard InChI is InChI=1S/C17H18FN3O2.Li/c1-17(8-3-9-17)21(2)15-14(11-4-6-12(18)7-5-11)20-13(10-19-15)16(22)23;/h4-7,10H,3,8-9H2,1-2H3,(H,22,23);/q;+1/p-1. The molecular formula is C17H17FLiN3O2. The number of aromatic carboxylic acids is 1. The van der Waals surface area contributed by atoms with Crippen molar-refractivity contribution < 1.29 is 33.2 Å². The molecular weight excluding hydrogens is 304 g/mol. The number of carbonyl (C=O) groups excluding carboxylic acids is 1. The van der Waals surface area contributed by atoms with Crippen LogP contribution < -0.4 is 28.9 Å². The molecule has 3 rings (SSSR count). The molecule has 1 aliphatic carbocycles. The first-order valence-electron chi connectivity index (χ1n) is 7.49. The van der Waals surface area contributed by atoms with Crippen molar-refractivity contribution in [1.82, 2.24) is 9.97 Å². The number of benzene rings is 1. The van der Waals surface area contributed by atoms with Crippen LogP contribution in [0.25, 0.3) is 11.3 Å². The molecule has 0 spiro atoms. The number of carboxylic acid groups (broad SMARTS) is 1. The summed E-state index contributed by atoms with van der Waals surface area (Å²) in [6.45, 7) is 2.14. The second-order valence-electron chi connectivity index (χ2n) is 6.13. The fourth-order valence-corrected chi connectivity index (χ4v) is 2.81. The van der Waals surface area contributed by atoms with Gasteiger partial charge in [-0.05, 0) is 50.5 Å². The van der Waals surface area contributed by atoms with Gasteiger partial charge in [0.05, 0.1) is 12.2 Å². The van der Waals surface area contributed by atoms with E-state index in [2.05, 4.69) is 16.9 Å². The van der Waals surface area contributed by atoms with Crippen LogP contribution in [0.3, 0.4) is 0 Å². The Morgan fingerprint density at radius 1 is 1.29 bits per heavy atom. The van der Waals surface area contributed by atoms with E-state index >= 15 is 0 Å². The molecule has 5 nitrogen and oxygen atoms in total. The Morgan fingerprint density at radius 2 is 1.92 bits per heavy atom. The topological polar surface area (TPSA) is 69.2 Å². The zero-order valence-electron chi connectivity index (χ0n) is 14.0. The number of nitrogens with zero attached hydrogens (tertiary/aromatic N) is 3.